The van der Waals surface area contributed by atoms with Gasteiger partial charge in [0.05, 0.1) is 11.4 Å². The summed E-state index contributed by atoms with van der Waals surface area (Å²) in [6, 6.07) is 7.27. The molecule has 1 atom stereocenters. The molecule has 5 nitrogen and oxygen atoms in total. The summed E-state index contributed by atoms with van der Waals surface area (Å²) in [6.45, 7) is 0. The molecule has 1 aromatic carbocycles. The van der Waals surface area contributed by atoms with E-state index in [0.717, 1.165) is 11.3 Å². The normalized spacial score (nSPS) is 18.9. The molecule has 0 saturated heterocycles. The molecule has 0 aliphatic carbocycles. The number of carbonyl (C=O) groups excluding carboxylic acids is 1. The van der Waals surface area contributed by atoms with Crippen molar-refractivity contribution in [3.05, 3.63) is 46.2 Å². The van der Waals surface area contributed by atoms with Gasteiger partial charge in [0.2, 0.25) is 5.91 Å². The van der Waals surface area contributed by atoms with Gasteiger partial charge in [-0.15, -0.1) is 11.3 Å². The molecule has 0 saturated carbocycles. The molecule has 1 unspecified atom stereocenters. The van der Waals surface area contributed by atoms with Crippen molar-refractivity contribution in [2.75, 3.05) is 11.1 Å². The molecule has 8 heteroatoms. The number of sulfone groups is 1. The van der Waals surface area contributed by atoms with Crippen LogP contribution in [0, 0.1) is 5.92 Å². The van der Waals surface area contributed by atoms with Crippen LogP contribution in [0.5, 0.6) is 0 Å². The Morgan fingerprint density at radius 2 is 2.09 bits per heavy atom. The molecule has 1 N–H and O–H groups in total. The Labute approximate surface area is 142 Å². The van der Waals surface area contributed by atoms with Gasteiger partial charge in [-0.2, -0.15) is 0 Å². The quantitative estimate of drug-likeness (QED) is 0.897. The van der Waals surface area contributed by atoms with E-state index in [9.17, 15) is 13.2 Å². The largest absolute Gasteiger partial charge is 0.302 e. The number of nitrogens with zero attached hydrogens (tertiary/aromatic N) is 1. The maximum Gasteiger partial charge on any atom is 0.226 e. The summed E-state index contributed by atoms with van der Waals surface area (Å²) in [5, 5.41) is 6.87. The molecule has 2 heterocycles. The van der Waals surface area contributed by atoms with Crippen LogP contribution in [-0.2, 0) is 14.6 Å². The van der Waals surface area contributed by atoms with Gasteiger partial charge >= 0.3 is 0 Å². The standard InChI is InChI=1S/C15H13ClN2O3S2/c16-12-3-1-11(2-4-12)13-8-22-15(17-13)18-14(19)7-10-5-6-23(20,21)9-10/h1-6,8,10H,7,9H2,(H,17,18,19). The van der Waals surface area contributed by atoms with Gasteiger partial charge in [-0.1, -0.05) is 29.8 Å². The van der Waals surface area contributed by atoms with E-state index in [1.165, 1.54) is 16.7 Å². The minimum atomic E-state index is -3.13. The van der Waals surface area contributed by atoms with Crippen molar-refractivity contribution in [1.82, 2.24) is 4.98 Å². The Morgan fingerprint density at radius 3 is 2.74 bits per heavy atom. The molecule has 0 fully saturated rings. The van der Waals surface area contributed by atoms with E-state index in [0.29, 0.717) is 10.2 Å². The fourth-order valence-electron chi connectivity index (χ4n) is 2.26. The predicted molar refractivity (Wildman–Crippen MR) is 92.2 cm³/mol. The number of hydrogen-bond donors (Lipinski definition) is 1. The Balaban J connectivity index is 1.62. The number of allylic oxidation sites excluding steroid dienone is 1. The number of aromatic nitrogens is 1. The van der Waals surface area contributed by atoms with Crippen molar-refractivity contribution in [1.29, 1.82) is 0 Å². The number of rotatable bonds is 4. The third-order valence-electron chi connectivity index (χ3n) is 3.34. The molecule has 23 heavy (non-hydrogen) atoms. The highest BCUT2D eigenvalue weighted by molar-refractivity contribution is 7.94. The number of benzene rings is 1. The molecule has 1 amide bonds. The van der Waals surface area contributed by atoms with E-state index in [-0.39, 0.29) is 24.0 Å². The molecular weight excluding hydrogens is 356 g/mol. The van der Waals surface area contributed by atoms with Crippen LogP contribution >= 0.6 is 22.9 Å². The number of hydrogen-bond acceptors (Lipinski definition) is 5. The number of carbonyl (C=O) groups is 1. The van der Waals surface area contributed by atoms with Crippen LogP contribution in [0.1, 0.15) is 6.42 Å². The van der Waals surface area contributed by atoms with Gasteiger partial charge in [0.15, 0.2) is 15.0 Å². The fraction of sp³-hybridized carbons (Fsp3) is 0.200. The molecule has 120 valence electrons. The monoisotopic (exact) mass is 368 g/mol. The summed E-state index contributed by atoms with van der Waals surface area (Å²) in [7, 11) is -3.13. The van der Waals surface area contributed by atoms with E-state index in [1.807, 2.05) is 17.5 Å². The Kier molecular flexibility index (Phi) is 4.52. The van der Waals surface area contributed by atoms with Crippen molar-refractivity contribution in [2.45, 2.75) is 6.42 Å². The van der Waals surface area contributed by atoms with E-state index >= 15 is 0 Å². The van der Waals surface area contributed by atoms with Crippen molar-refractivity contribution in [2.24, 2.45) is 5.92 Å². The lowest BCUT2D eigenvalue weighted by molar-refractivity contribution is -0.116. The van der Waals surface area contributed by atoms with Gasteiger partial charge in [-0.05, 0) is 12.1 Å². The second-order valence-corrected chi connectivity index (χ2v) is 8.44. The van der Waals surface area contributed by atoms with Gasteiger partial charge in [-0.25, -0.2) is 13.4 Å². The lowest BCUT2D eigenvalue weighted by Crippen LogP contribution is -2.17. The zero-order valence-corrected chi connectivity index (χ0v) is 14.3. The first kappa shape index (κ1) is 16.2. The van der Waals surface area contributed by atoms with Crippen LogP contribution in [0.15, 0.2) is 41.1 Å². The SMILES string of the molecule is O=C(CC1C=CS(=O)(=O)C1)Nc1nc(-c2ccc(Cl)cc2)cs1. The van der Waals surface area contributed by atoms with Crippen molar-refractivity contribution in [3.8, 4) is 11.3 Å². The van der Waals surface area contributed by atoms with Gasteiger partial charge in [0.1, 0.15) is 0 Å². The van der Waals surface area contributed by atoms with E-state index in [1.54, 1.807) is 18.2 Å². The van der Waals surface area contributed by atoms with Crippen molar-refractivity contribution >= 4 is 43.8 Å². The maximum absolute atomic E-state index is 12.0. The van der Waals surface area contributed by atoms with E-state index in [4.69, 9.17) is 11.6 Å². The van der Waals surface area contributed by atoms with E-state index < -0.39 is 9.84 Å². The van der Waals surface area contributed by atoms with Crippen molar-refractivity contribution < 1.29 is 13.2 Å². The molecule has 2 aromatic rings. The van der Waals surface area contributed by atoms with Crippen molar-refractivity contribution in [3.63, 3.8) is 0 Å². The first-order valence-corrected chi connectivity index (χ1v) is 9.81. The number of halogens is 1. The molecular formula is C15H13ClN2O3S2. The zero-order chi connectivity index (χ0) is 16.4. The van der Waals surface area contributed by atoms with Crippen LogP contribution in [0.25, 0.3) is 11.3 Å². The van der Waals surface area contributed by atoms with Gasteiger partial charge in [0, 0.05) is 33.7 Å². The first-order valence-electron chi connectivity index (χ1n) is 6.83. The summed E-state index contributed by atoms with van der Waals surface area (Å²) in [5.41, 5.74) is 1.67. The van der Waals surface area contributed by atoms with Crippen LogP contribution < -0.4 is 5.32 Å². The van der Waals surface area contributed by atoms with E-state index in [2.05, 4.69) is 10.3 Å². The molecule has 1 aromatic heterocycles. The third-order valence-corrected chi connectivity index (χ3v) is 5.82. The average molecular weight is 369 g/mol. The first-order chi connectivity index (χ1) is 10.9. The van der Waals surface area contributed by atoms with Crippen LogP contribution in [0.4, 0.5) is 5.13 Å². The second kappa shape index (κ2) is 6.43. The van der Waals surface area contributed by atoms with Crippen LogP contribution in [-0.4, -0.2) is 25.1 Å². The number of amides is 1. The number of anilines is 1. The lowest BCUT2D eigenvalue weighted by atomic mass is 10.1. The van der Waals surface area contributed by atoms with Gasteiger partial charge in [0.25, 0.3) is 0 Å². The third kappa shape index (κ3) is 4.19. The number of thiazole rings is 1. The highest BCUT2D eigenvalue weighted by Gasteiger charge is 2.24. The average Bonchev–Trinajstić information content (AvgIpc) is 3.06. The topological polar surface area (TPSA) is 76.1 Å². The maximum atomic E-state index is 12.0. The molecule has 0 bridgehead atoms. The summed E-state index contributed by atoms with van der Waals surface area (Å²) < 4.78 is 22.7. The number of nitrogens with one attached hydrogen (secondary N) is 1. The Bertz CT molecular complexity index is 857. The molecule has 0 spiro atoms. The van der Waals surface area contributed by atoms with Gasteiger partial charge in [-0.3, -0.25) is 4.79 Å². The minimum absolute atomic E-state index is 0.00564. The molecule has 1 aliphatic heterocycles. The lowest BCUT2D eigenvalue weighted by Gasteiger charge is -2.05. The molecule has 1 aliphatic rings. The Hall–Kier alpha value is -1.70. The zero-order valence-electron chi connectivity index (χ0n) is 11.9. The summed E-state index contributed by atoms with van der Waals surface area (Å²) >= 11 is 7.17. The highest BCUT2D eigenvalue weighted by atomic mass is 35.5. The Morgan fingerprint density at radius 1 is 1.35 bits per heavy atom. The summed E-state index contributed by atoms with van der Waals surface area (Å²) in [4.78, 5) is 16.3. The minimum Gasteiger partial charge on any atom is -0.302 e. The smallest absolute Gasteiger partial charge is 0.226 e. The molecule has 0 radical (unpaired) electrons. The predicted octanol–water partition coefficient (Wildman–Crippen LogP) is 3.35. The second-order valence-electron chi connectivity index (χ2n) is 5.22. The van der Waals surface area contributed by atoms with Crippen LogP contribution in [0.3, 0.4) is 0 Å². The van der Waals surface area contributed by atoms with Crippen LogP contribution in [0.2, 0.25) is 5.02 Å². The summed E-state index contributed by atoms with van der Waals surface area (Å²) in [5.74, 6) is -0.515. The van der Waals surface area contributed by atoms with Gasteiger partial charge < -0.3 is 5.32 Å². The fourth-order valence-corrected chi connectivity index (χ4v) is 4.52. The molecule has 3 rings (SSSR count). The summed E-state index contributed by atoms with van der Waals surface area (Å²) in [6.07, 6.45) is 1.70. The highest BCUT2D eigenvalue weighted by Crippen LogP contribution is 2.26.